The molecule has 0 aliphatic heterocycles. The van der Waals surface area contributed by atoms with E-state index in [1.165, 1.54) is 24.8 Å². The van der Waals surface area contributed by atoms with Crippen molar-refractivity contribution in [3.8, 4) is 28.7 Å². The third-order valence-electron chi connectivity index (χ3n) is 6.40. The van der Waals surface area contributed by atoms with Gasteiger partial charge in [0.15, 0.2) is 10.6 Å². The largest absolute Gasteiger partial charge is 0.504 e. The van der Waals surface area contributed by atoms with Crippen LogP contribution in [-0.2, 0) is 17.5 Å². The highest BCUT2D eigenvalue weighted by molar-refractivity contribution is 7.21. The molecule has 0 spiro atoms. The number of halogens is 4. The molecule has 3 heterocycles. The van der Waals surface area contributed by atoms with E-state index in [9.17, 15) is 33.1 Å². The first-order valence-corrected chi connectivity index (χ1v) is 13.3. The maximum atomic E-state index is 13.3. The van der Waals surface area contributed by atoms with Gasteiger partial charge in [-0.15, -0.1) is 11.3 Å². The number of aromatic hydroxyl groups is 1. The Balaban J connectivity index is 1.46. The Kier molecular flexibility index (Phi) is 7.53. The number of rotatable bonds is 6. The molecule has 0 aliphatic carbocycles. The monoisotopic (exact) mass is 614 g/mol. The molecule has 0 atom stereocenters. The van der Waals surface area contributed by atoms with Crippen LogP contribution in [0.1, 0.15) is 26.6 Å². The van der Waals surface area contributed by atoms with Gasteiger partial charge in [-0.3, -0.25) is 14.3 Å². The Labute approximate surface area is 244 Å². The van der Waals surface area contributed by atoms with Gasteiger partial charge in [-0.25, -0.2) is 9.78 Å². The van der Waals surface area contributed by atoms with E-state index in [0.29, 0.717) is 32.7 Å². The maximum Gasteiger partial charge on any atom is 0.416 e. The van der Waals surface area contributed by atoms with Gasteiger partial charge in [-0.05, 0) is 43.3 Å². The number of thiophene rings is 1. The van der Waals surface area contributed by atoms with Crippen LogP contribution in [0.15, 0.2) is 47.4 Å². The topological polar surface area (TPSA) is 127 Å². The summed E-state index contributed by atoms with van der Waals surface area (Å²) in [6, 6.07) is 9.61. The lowest BCUT2D eigenvalue weighted by atomic mass is 10.1. The molecule has 2 aromatic carbocycles. The third kappa shape index (κ3) is 5.22. The van der Waals surface area contributed by atoms with Crippen LogP contribution >= 0.6 is 22.9 Å². The molecule has 0 saturated heterocycles. The van der Waals surface area contributed by atoms with Crippen molar-refractivity contribution in [2.75, 3.05) is 13.7 Å². The molecule has 5 rings (SSSR count). The van der Waals surface area contributed by atoms with Crippen LogP contribution in [0, 0.1) is 18.3 Å². The van der Waals surface area contributed by atoms with Crippen LogP contribution in [0.4, 0.5) is 13.2 Å². The van der Waals surface area contributed by atoms with Crippen LogP contribution in [0.5, 0.6) is 11.5 Å². The number of benzene rings is 2. The van der Waals surface area contributed by atoms with E-state index in [1.54, 1.807) is 30.3 Å². The molecule has 0 saturated carbocycles. The van der Waals surface area contributed by atoms with E-state index in [2.05, 4.69) is 9.97 Å². The van der Waals surface area contributed by atoms with Crippen molar-refractivity contribution >= 4 is 50.0 Å². The molecule has 0 fully saturated rings. The number of ether oxygens (including phenoxy) is 2. The first-order valence-electron chi connectivity index (χ1n) is 12.1. The predicted molar refractivity (Wildman–Crippen MR) is 149 cm³/mol. The van der Waals surface area contributed by atoms with E-state index in [1.807, 2.05) is 0 Å². The van der Waals surface area contributed by atoms with E-state index in [-0.39, 0.29) is 46.0 Å². The summed E-state index contributed by atoms with van der Waals surface area (Å²) in [6.45, 7) is 1.40. The minimum atomic E-state index is -4.71. The van der Waals surface area contributed by atoms with Crippen molar-refractivity contribution in [3.05, 3.63) is 79.8 Å². The number of esters is 1. The second kappa shape index (κ2) is 11.0. The Bertz CT molecular complexity index is 2000. The fraction of sp³-hybridized carbons (Fsp3) is 0.179. The Morgan fingerprint density at radius 3 is 2.69 bits per heavy atom. The number of carbonyl (C=O) groups excluding carboxylic acids is 1. The Morgan fingerprint density at radius 2 is 2.00 bits per heavy atom. The molecule has 5 aromatic rings. The smallest absolute Gasteiger partial charge is 0.416 e. The van der Waals surface area contributed by atoms with Gasteiger partial charge in [-0.1, -0.05) is 11.6 Å². The molecule has 1 N–H and O–H groups in total. The molecule has 0 amide bonds. The number of alkyl halides is 3. The average molecular weight is 615 g/mol. The number of hydrogen-bond donors (Lipinski definition) is 1. The van der Waals surface area contributed by atoms with Gasteiger partial charge < -0.3 is 14.6 Å². The van der Waals surface area contributed by atoms with Gasteiger partial charge >= 0.3 is 12.1 Å². The van der Waals surface area contributed by atoms with Gasteiger partial charge in [0.05, 0.1) is 40.4 Å². The average Bonchev–Trinajstić information content (AvgIpc) is 3.29. The standard InChI is InChI=1S/C28H18ClF3N4O5S/c1-13-35-19-9-16(28(30,31)32)7-14(11-33)22(19)26(38)36(13)5-6-41-20-4-3-17(29)10-18(20)15-8-21-23(34-12-15)24(37)25(42-21)27(39)40-2/h3-4,7-10,12,37H,5-6H2,1-2H3. The number of nitrogens with zero attached hydrogens (tertiary/aromatic N) is 4. The number of aromatic nitrogens is 3. The number of carbonyl (C=O) groups is 1. The summed E-state index contributed by atoms with van der Waals surface area (Å²) in [5.74, 6) is -0.458. The second-order valence-electron chi connectivity index (χ2n) is 8.97. The van der Waals surface area contributed by atoms with Crippen molar-refractivity contribution in [2.45, 2.75) is 19.6 Å². The summed E-state index contributed by atoms with van der Waals surface area (Å²) < 4.78 is 52.3. The normalized spacial score (nSPS) is 11.5. The van der Waals surface area contributed by atoms with E-state index in [4.69, 9.17) is 21.1 Å². The minimum absolute atomic E-state index is 0.0127. The highest BCUT2D eigenvalue weighted by Gasteiger charge is 2.32. The summed E-state index contributed by atoms with van der Waals surface area (Å²) in [4.78, 5) is 33.7. The molecular weight excluding hydrogens is 597 g/mol. The SMILES string of the molecule is COC(=O)c1sc2cc(-c3cc(Cl)ccc3OCCn3c(C)nc4cc(C(F)(F)F)cc(C#N)c4c3=O)cnc2c1O. The molecule has 3 aromatic heterocycles. The highest BCUT2D eigenvalue weighted by Crippen LogP contribution is 2.40. The van der Waals surface area contributed by atoms with Gasteiger partial charge in [0.25, 0.3) is 5.56 Å². The van der Waals surface area contributed by atoms with Gasteiger partial charge in [0.1, 0.15) is 29.8 Å². The lowest BCUT2D eigenvalue weighted by molar-refractivity contribution is -0.137. The zero-order valence-electron chi connectivity index (χ0n) is 21.7. The molecule has 0 aliphatic rings. The summed E-state index contributed by atoms with van der Waals surface area (Å²) in [6.07, 6.45) is -3.23. The lowest BCUT2D eigenvalue weighted by Gasteiger charge is -2.15. The van der Waals surface area contributed by atoms with Crippen LogP contribution in [0.25, 0.3) is 32.2 Å². The van der Waals surface area contributed by atoms with Crippen molar-refractivity contribution in [1.82, 2.24) is 14.5 Å². The predicted octanol–water partition coefficient (Wildman–Crippen LogP) is 6.10. The number of methoxy groups -OCH3 is 1. The Hall–Kier alpha value is -4.67. The number of hydrogen-bond acceptors (Lipinski definition) is 9. The summed E-state index contributed by atoms with van der Waals surface area (Å²) in [5, 5.41) is 20.0. The van der Waals surface area contributed by atoms with Crippen molar-refractivity contribution in [3.63, 3.8) is 0 Å². The van der Waals surface area contributed by atoms with Crippen molar-refractivity contribution in [1.29, 1.82) is 5.26 Å². The fourth-order valence-electron chi connectivity index (χ4n) is 4.42. The molecular formula is C28H18ClF3N4O5S. The van der Waals surface area contributed by atoms with Gasteiger partial charge in [-0.2, -0.15) is 18.4 Å². The van der Waals surface area contributed by atoms with Crippen LogP contribution < -0.4 is 10.3 Å². The lowest BCUT2D eigenvalue weighted by Crippen LogP contribution is -2.27. The van der Waals surface area contributed by atoms with E-state index in [0.717, 1.165) is 17.4 Å². The third-order valence-corrected chi connectivity index (χ3v) is 7.73. The Morgan fingerprint density at radius 1 is 1.24 bits per heavy atom. The molecule has 9 nitrogen and oxygen atoms in total. The molecule has 0 bridgehead atoms. The van der Waals surface area contributed by atoms with Crippen LogP contribution in [0.3, 0.4) is 0 Å². The fourth-order valence-corrected chi connectivity index (χ4v) is 5.60. The molecule has 214 valence electrons. The quantitative estimate of drug-likeness (QED) is 0.227. The zero-order valence-corrected chi connectivity index (χ0v) is 23.3. The molecule has 14 heteroatoms. The van der Waals surface area contributed by atoms with Crippen LogP contribution in [0.2, 0.25) is 5.02 Å². The summed E-state index contributed by atoms with van der Waals surface area (Å²) in [7, 11) is 1.20. The first-order chi connectivity index (χ1) is 19.9. The minimum Gasteiger partial charge on any atom is -0.504 e. The molecule has 0 unspecified atom stereocenters. The summed E-state index contributed by atoms with van der Waals surface area (Å²) >= 11 is 7.25. The zero-order chi connectivity index (χ0) is 30.3. The van der Waals surface area contributed by atoms with Crippen molar-refractivity contribution in [2.24, 2.45) is 0 Å². The number of fused-ring (bicyclic) bond motifs is 2. The van der Waals surface area contributed by atoms with E-state index >= 15 is 0 Å². The first kappa shape index (κ1) is 28.8. The van der Waals surface area contributed by atoms with Crippen molar-refractivity contribution < 1.29 is 32.5 Å². The van der Waals surface area contributed by atoms with Gasteiger partial charge in [0, 0.05) is 22.3 Å². The number of nitriles is 1. The van der Waals surface area contributed by atoms with Crippen LogP contribution in [-0.4, -0.2) is 39.3 Å². The molecule has 42 heavy (non-hydrogen) atoms. The number of pyridine rings is 1. The number of aryl methyl sites for hydroxylation is 1. The highest BCUT2D eigenvalue weighted by atomic mass is 35.5. The van der Waals surface area contributed by atoms with E-state index < -0.39 is 28.8 Å². The molecule has 0 radical (unpaired) electrons. The second-order valence-corrected chi connectivity index (χ2v) is 10.5. The van der Waals surface area contributed by atoms with Gasteiger partial charge in [0.2, 0.25) is 0 Å². The summed E-state index contributed by atoms with van der Waals surface area (Å²) in [5.41, 5.74) is -1.05. The maximum absolute atomic E-state index is 13.3.